The molecule has 4 N–H and O–H groups in total. The first-order valence-electron chi connectivity index (χ1n) is 5.81. The first kappa shape index (κ1) is 16.9. The Hall–Kier alpha value is -2.20. The summed E-state index contributed by atoms with van der Waals surface area (Å²) in [4.78, 5) is 21.1. The average molecular weight is 316 g/mol. The number of nitrogens with one attached hydrogen (secondary N) is 2. The smallest absolute Gasteiger partial charge is 0.293 e. The number of benzene rings is 1. The van der Waals surface area contributed by atoms with Crippen LogP contribution in [0.3, 0.4) is 0 Å². The first-order chi connectivity index (χ1) is 9.51. The Morgan fingerprint density at radius 2 is 1.95 bits per heavy atom. The third-order valence-electron chi connectivity index (χ3n) is 2.75. The molecule has 0 aliphatic rings. The molecule has 0 radical (unpaired) electrons. The number of nitro groups is 1. The lowest BCUT2D eigenvalue weighted by atomic mass is 10.1. The predicted octanol–water partition coefficient (Wildman–Crippen LogP) is 0.179. The van der Waals surface area contributed by atoms with Gasteiger partial charge in [-0.1, -0.05) is 0 Å². The fourth-order valence-corrected chi connectivity index (χ4v) is 2.89. The van der Waals surface area contributed by atoms with Gasteiger partial charge < -0.3 is 11.1 Å². The van der Waals surface area contributed by atoms with E-state index in [4.69, 9.17) is 5.73 Å². The lowest BCUT2D eigenvalue weighted by Crippen LogP contribution is -2.52. The molecule has 0 heterocycles. The SMILES string of the molecule is CNc1ccc(S(=O)(=O)NC(C)(C)C(N)=O)cc1[N+](=O)[O-]. The van der Waals surface area contributed by atoms with Crippen LogP contribution in [0.5, 0.6) is 0 Å². The average Bonchev–Trinajstić information content (AvgIpc) is 2.36. The van der Waals surface area contributed by atoms with Crippen molar-refractivity contribution in [3.8, 4) is 0 Å². The van der Waals surface area contributed by atoms with Gasteiger partial charge in [0.25, 0.3) is 5.69 Å². The molecule has 0 aromatic heterocycles. The molecule has 9 nitrogen and oxygen atoms in total. The van der Waals surface area contributed by atoms with E-state index in [1.807, 2.05) is 0 Å². The number of nitrogens with zero attached hydrogens (tertiary/aromatic N) is 1. The molecule has 0 bridgehead atoms. The van der Waals surface area contributed by atoms with E-state index in [1.165, 1.54) is 33.0 Å². The van der Waals surface area contributed by atoms with Gasteiger partial charge >= 0.3 is 0 Å². The monoisotopic (exact) mass is 316 g/mol. The number of amides is 1. The lowest BCUT2D eigenvalue weighted by Gasteiger charge is -2.22. The summed E-state index contributed by atoms with van der Waals surface area (Å²) in [5.74, 6) is -0.868. The van der Waals surface area contributed by atoms with Crippen molar-refractivity contribution in [3.63, 3.8) is 0 Å². The molecule has 1 aromatic rings. The Labute approximate surface area is 121 Å². The predicted molar refractivity (Wildman–Crippen MR) is 76.2 cm³/mol. The summed E-state index contributed by atoms with van der Waals surface area (Å²) in [6.45, 7) is 2.59. The van der Waals surface area contributed by atoms with Gasteiger partial charge in [0.15, 0.2) is 0 Å². The van der Waals surface area contributed by atoms with Crippen molar-refractivity contribution in [2.45, 2.75) is 24.3 Å². The number of hydrogen-bond donors (Lipinski definition) is 3. The number of sulfonamides is 1. The van der Waals surface area contributed by atoms with Crippen LogP contribution in [0.4, 0.5) is 11.4 Å². The number of primary amides is 1. The summed E-state index contributed by atoms with van der Waals surface area (Å²) in [7, 11) is -2.65. The molecule has 0 aliphatic carbocycles. The van der Waals surface area contributed by atoms with Gasteiger partial charge in [-0.3, -0.25) is 14.9 Å². The van der Waals surface area contributed by atoms with Crippen molar-refractivity contribution in [1.82, 2.24) is 4.72 Å². The van der Waals surface area contributed by atoms with Gasteiger partial charge in [-0.15, -0.1) is 0 Å². The van der Waals surface area contributed by atoms with E-state index >= 15 is 0 Å². The van der Waals surface area contributed by atoms with Gasteiger partial charge in [-0.05, 0) is 26.0 Å². The second-order valence-corrected chi connectivity index (χ2v) is 6.46. The van der Waals surface area contributed by atoms with E-state index in [-0.39, 0.29) is 10.6 Å². The van der Waals surface area contributed by atoms with Crippen LogP contribution in [0.15, 0.2) is 23.1 Å². The van der Waals surface area contributed by atoms with Gasteiger partial charge in [-0.2, -0.15) is 4.72 Å². The number of hydrogen-bond acceptors (Lipinski definition) is 6. The Morgan fingerprint density at radius 3 is 2.38 bits per heavy atom. The number of carbonyl (C=O) groups is 1. The number of nitrogens with two attached hydrogens (primary N) is 1. The molecule has 0 fully saturated rings. The molecular formula is C11H16N4O5S. The van der Waals surface area contributed by atoms with E-state index in [1.54, 1.807) is 0 Å². The summed E-state index contributed by atoms with van der Waals surface area (Å²) in [5.41, 5.74) is 3.36. The van der Waals surface area contributed by atoms with Crippen molar-refractivity contribution < 1.29 is 18.1 Å². The largest absolute Gasteiger partial charge is 0.383 e. The van der Waals surface area contributed by atoms with Crippen LogP contribution in [0.25, 0.3) is 0 Å². The molecular weight excluding hydrogens is 300 g/mol. The zero-order valence-electron chi connectivity index (χ0n) is 11.7. The van der Waals surface area contributed by atoms with E-state index in [9.17, 15) is 23.3 Å². The van der Waals surface area contributed by atoms with Gasteiger partial charge in [0.2, 0.25) is 15.9 Å². The minimum Gasteiger partial charge on any atom is -0.383 e. The van der Waals surface area contributed by atoms with Crippen LogP contribution < -0.4 is 15.8 Å². The van der Waals surface area contributed by atoms with Crippen molar-refractivity contribution in [3.05, 3.63) is 28.3 Å². The zero-order chi connectivity index (χ0) is 16.4. The maximum absolute atomic E-state index is 12.2. The second kappa shape index (κ2) is 5.66. The van der Waals surface area contributed by atoms with E-state index in [0.717, 1.165) is 6.07 Å². The summed E-state index contributed by atoms with van der Waals surface area (Å²) in [5, 5.41) is 13.5. The molecule has 1 amide bonds. The Morgan fingerprint density at radius 1 is 1.38 bits per heavy atom. The topological polar surface area (TPSA) is 144 Å². The minimum absolute atomic E-state index is 0.174. The molecule has 0 unspecified atom stereocenters. The van der Waals surface area contributed by atoms with Crippen LogP contribution in [0, 0.1) is 10.1 Å². The molecule has 10 heteroatoms. The molecule has 0 spiro atoms. The molecule has 0 saturated carbocycles. The maximum Gasteiger partial charge on any atom is 0.293 e. The van der Waals surface area contributed by atoms with Gasteiger partial charge in [0, 0.05) is 13.1 Å². The normalized spacial score (nSPS) is 12.0. The highest BCUT2D eigenvalue weighted by atomic mass is 32.2. The second-order valence-electron chi connectivity index (χ2n) is 4.78. The highest BCUT2D eigenvalue weighted by Crippen LogP contribution is 2.27. The highest BCUT2D eigenvalue weighted by Gasteiger charge is 2.32. The molecule has 0 atom stereocenters. The van der Waals surface area contributed by atoms with E-state index in [0.29, 0.717) is 0 Å². The Bertz CT molecular complexity index is 684. The van der Waals surface area contributed by atoms with Gasteiger partial charge in [0.1, 0.15) is 11.2 Å². The summed E-state index contributed by atoms with van der Waals surface area (Å²) in [6.07, 6.45) is 0. The summed E-state index contributed by atoms with van der Waals surface area (Å²) in [6, 6.07) is 3.37. The minimum atomic E-state index is -4.13. The molecule has 1 rings (SSSR count). The Kier molecular flexibility index (Phi) is 4.54. The Balaban J connectivity index is 3.30. The number of rotatable bonds is 6. The van der Waals surface area contributed by atoms with E-state index < -0.39 is 32.1 Å². The van der Waals surface area contributed by atoms with Crippen molar-refractivity contribution in [1.29, 1.82) is 0 Å². The van der Waals surface area contributed by atoms with Crippen molar-refractivity contribution >= 4 is 27.3 Å². The molecule has 21 heavy (non-hydrogen) atoms. The van der Waals surface area contributed by atoms with Crippen LogP contribution in [0.1, 0.15) is 13.8 Å². The van der Waals surface area contributed by atoms with Crippen LogP contribution in [-0.4, -0.2) is 31.8 Å². The fraction of sp³-hybridized carbons (Fsp3) is 0.364. The number of carbonyl (C=O) groups excluding carboxylic acids is 1. The van der Waals surface area contributed by atoms with Crippen molar-refractivity contribution in [2.75, 3.05) is 12.4 Å². The maximum atomic E-state index is 12.2. The molecule has 0 aliphatic heterocycles. The van der Waals surface area contributed by atoms with Crippen molar-refractivity contribution in [2.24, 2.45) is 5.73 Å². The van der Waals surface area contributed by atoms with Gasteiger partial charge in [-0.25, -0.2) is 8.42 Å². The number of nitro benzene ring substituents is 1. The van der Waals surface area contributed by atoms with Crippen LogP contribution in [-0.2, 0) is 14.8 Å². The lowest BCUT2D eigenvalue weighted by molar-refractivity contribution is -0.384. The van der Waals surface area contributed by atoms with E-state index in [2.05, 4.69) is 10.0 Å². The summed E-state index contributed by atoms with van der Waals surface area (Å²) >= 11 is 0. The standard InChI is InChI=1S/C11H16N4O5S/c1-11(2,10(12)16)14-21(19,20)7-4-5-8(13-3)9(6-7)15(17)18/h4-6,13-14H,1-3H3,(H2,12,16). The summed E-state index contributed by atoms with van der Waals surface area (Å²) < 4.78 is 26.4. The first-order valence-corrected chi connectivity index (χ1v) is 7.29. The zero-order valence-corrected chi connectivity index (χ0v) is 12.5. The fourth-order valence-electron chi connectivity index (χ4n) is 1.49. The molecule has 1 aromatic carbocycles. The molecule has 116 valence electrons. The highest BCUT2D eigenvalue weighted by molar-refractivity contribution is 7.89. The van der Waals surface area contributed by atoms with Crippen LogP contribution in [0.2, 0.25) is 0 Å². The van der Waals surface area contributed by atoms with Gasteiger partial charge in [0.05, 0.1) is 9.82 Å². The molecule has 0 saturated heterocycles. The number of anilines is 1. The third-order valence-corrected chi connectivity index (χ3v) is 4.40. The quantitative estimate of drug-likeness (QED) is 0.504. The van der Waals surface area contributed by atoms with Crippen LogP contribution >= 0.6 is 0 Å². The third kappa shape index (κ3) is 3.67.